The number of hydrogen-bond donors (Lipinski definition) is 2. The molecular formula is C19H17ClN6O. The van der Waals surface area contributed by atoms with Crippen LogP contribution in [0.2, 0.25) is 5.02 Å². The fourth-order valence-electron chi connectivity index (χ4n) is 2.88. The molecule has 0 saturated carbocycles. The average Bonchev–Trinajstić information content (AvgIpc) is 3.05. The lowest BCUT2D eigenvalue weighted by Crippen LogP contribution is -2.22. The smallest absolute Gasteiger partial charge is 0.277 e. The van der Waals surface area contributed by atoms with E-state index in [-0.39, 0.29) is 5.56 Å². The third kappa shape index (κ3) is 3.41. The molecule has 8 heteroatoms. The second kappa shape index (κ2) is 6.85. The molecule has 1 aromatic carbocycles. The summed E-state index contributed by atoms with van der Waals surface area (Å²) in [6, 6.07) is 9.32. The van der Waals surface area contributed by atoms with Crippen LogP contribution < -0.4 is 10.9 Å². The number of nitrogens with one attached hydrogen (secondary N) is 2. The van der Waals surface area contributed by atoms with Crippen LogP contribution in [0.25, 0.3) is 5.78 Å². The molecule has 136 valence electrons. The van der Waals surface area contributed by atoms with Crippen molar-refractivity contribution in [1.82, 2.24) is 24.6 Å². The summed E-state index contributed by atoms with van der Waals surface area (Å²) in [5.41, 5.74) is 3.85. The predicted molar refractivity (Wildman–Crippen MR) is 105 cm³/mol. The Labute approximate surface area is 160 Å². The second-order valence-corrected chi connectivity index (χ2v) is 6.75. The standard InChI is InChI=1S/C19H17ClN6O/c1-11-5-6-14(20)9-16(11)23-18-24-19-22-12(2)15(17(27)26(19)25-18)8-13-4-3-7-21-10-13/h3-7,9-10H,8H2,1-2H3,(H2,22,23,24,25). The van der Waals surface area contributed by atoms with Crippen LogP contribution in [-0.4, -0.2) is 24.6 Å². The molecule has 27 heavy (non-hydrogen) atoms. The Balaban J connectivity index is 1.73. The number of nitrogens with zero attached hydrogens (tertiary/aromatic N) is 4. The van der Waals surface area contributed by atoms with Crippen LogP contribution in [0.5, 0.6) is 0 Å². The van der Waals surface area contributed by atoms with Crippen LogP contribution in [0, 0.1) is 13.8 Å². The quantitative estimate of drug-likeness (QED) is 0.566. The molecule has 0 atom stereocenters. The number of H-pyrrole nitrogens is 1. The van der Waals surface area contributed by atoms with Crippen molar-refractivity contribution in [2.45, 2.75) is 20.3 Å². The Morgan fingerprint density at radius 3 is 2.85 bits per heavy atom. The molecular weight excluding hydrogens is 364 g/mol. The van der Waals surface area contributed by atoms with E-state index in [1.54, 1.807) is 18.5 Å². The van der Waals surface area contributed by atoms with E-state index in [1.165, 1.54) is 4.52 Å². The van der Waals surface area contributed by atoms with Crippen molar-refractivity contribution in [2.24, 2.45) is 0 Å². The molecule has 4 aromatic rings. The van der Waals surface area contributed by atoms with E-state index in [1.807, 2.05) is 38.1 Å². The zero-order valence-electron chi connectivity index (χ0n) is 14.8. The SMILES string of the molecule is Cc1ccc(Cl)cc1Nc1nc2nc(C)c(Cc3cccnc3)c(=O)n2[nH]1. The number of rotatable bonds is 4. The second-order valence-electron chi connectivity index (χ2n) is 6.31. The van der Waals surface area contributed by atoms with Crippen molar-refractivity contribution in [3.8, 4) is 0 Å². The van der Waals surface area contributed by atoms with Crippen LogP contribution in [0.3, 0.4) is 0 Å². The van der Waals surface area contributed by atoms with Crippen LogP contribution >= 0.6 is 11.6 Å². The summed E-state index contributed by atoms with van der Waals surface area (Å²) in [7, 11) is 0. The molecule has 0 radical (unpaired) electrons. The van der Waals surface area contributed by atoms with E-state index in [2.05, 4.69) is 25.4 Å². The summed E-state index contributed by atoms with van der Waals surface area (Å²) in [6.45, 7) is 3.78. The Morgan fingerprint density at radius 1 is 1.22 bits per heavy atom. The molecule has 3 aromatic heterocycles. The zero-order valence-corrected chi connectivity index (χ0v) is 15.6. The maximum Gasteiger partial charge on any atom is 0.277 e. The van der Waals surface area contributed by atoms with Gasteiger partial charge in [0.25, 0.3) is 11.3 Å². The molecule has 0 spiro atoms. The maximum absolute atomic E-state index is 12.9. The molecule has 0 bridgehead atoms. The van der Waals surface area contributed by atoms with Gasteiger partial charge in [0, 0.05) is 35.1 Å². The minimum absolute atomic E-state index is 0.176. The number of aryl methyl sites for hydroxylation is 2. The first-order valence-corrected chi connectivity index (χ1v) is 8.79. The van der Waals surface area contributed by atoms with Gasteiger partial charge in [0.1, 0.15) is 0 Å². The van der Waals surface area contributed by atoms with Crippen molar-refractivity contribution >= 4 is 29.0 Å². The monoisotopic (exact) mass is 380 g/mol. The van der Waals surface area contributed by atoms with Gasteiger partial charge in [-0.15, -0.1) is 0 Å². The highest BCUT2D eigenvalue weighted by Gasteiger charge is 2.14. The number of hydrogen-bond acceptors (Lipinski definition) is 5. The van der Waals surface area contributed by atoms with E-state index in [0.717, 1.165) is 16.8 Å². The largest absolute Gasteiger partial charge is 0.324 e. The molecule has 0 saturated heterocycles. The average molecular weight is 381 g/mol. The van der Waals surface area contributed by atoms with Crippen molar-refractivity contribution in [1.29, 1.82) is 0 Å². The first kappa shape index (κ1) is 17.2. The molecule has 2 N–H and O–H groups in total. The van der Waals surface area contributed by atoms with E-state index < -0.39 is 0 Å². The lowest BCUT2D eigenvalue weighted by Gasteiger charge is -2.06. The number of anilines is 2. The van der Waals surface area contributed by atoms with Crippen LogP contribution in [0.4, 0.5) is 11.6 Å². The molecule has 7 nitrogen and oxygen atoms in total. The summed E-state index contributed by atoms with van der Waals surface area (Å²) in [6.07, 6.45) is 3.91. The summed E-state index contributed by atoms with van der Waals surface area (Å²) in [5.74, 6) is 0.734. The molecule has 0 unspecified atom stereocenters. The Morgan fingerprint density at radius 2 is 2.07 bits per heavy atom. The minimum Gasteiger partial charge on any atom is -0.324 e. The first-order valence-electron chi connectivity index (χ1n) is 8.41. The highest BCUT2D eigenvalue weighted by molar-refractivity contribution is 6.30. The number of halogens is 1. The molecule has 0 aliphatic rings. The summed E-state index contributed by atoms with van der Waals surface area (Å²) in [4.78, 5) is 25.9. The molecule has 3 heterocycles. The van der Waals surface area contributed by atoms with Gasteiger partial charge in [-0.1, -0.05) is 23.7 Å². The zero-order chi connectivity index (χ0) is 19.0. The third-order valence-electron chi connectivity index (χ3n) is 4.35. The number of fused-ring (bicyclic) bond motifs is 1. The summed E-state index contributed by atoms with van der Waals surface area (Å²) < 4.78 is 1.35. The number of aromatic nitrogens is 5. The maximum atomic E-state index is 12.9. The van der Waals surface area contributed by atoms with Gasteiger partial charge in [0.05, 0.1) is 5.69 Å². The minimum atomic E-state index is -0.176. The van der Waals surface area contributed by atoms with Gasteiger partial charge in [0.15, 0.2) is 0 Å². The number of aromatic amines is 1. The lowest BCUT2D eigenvalue weighted by atomic mass is 10.1. The van der Waals surface area contributed by atoms with Gasteiger partial charge in [0.2, 0.25) is 5.95 Å². The van der Waals surface area contributed by atoms with E-state index in [9.17, 15) is 4.79 Å². The van der Waals surface area contributed by atoms with E-state index >= 15 is 0 Å². The van der Waals surface area contributed by atoms with Crippen LogP contribution in [0.15, 0.2) is 47.5 Å². The Kier molecular flexibility index (Phi) is 4.37. The van der Waals surface area contributed by atoms with Gasteiger partial charge in [-0.05, 0) is 43.2 Å². The molecule has 4 rings (SSSR count). The van der Waals surface area contributed by atoms with Gasteiger partial charge >= 0.3 is 0 Å². The van der Waals surface area contributed by atoms with Gasteiger partial charge in [-0.3, -0.25) is 14.9 Å². The summed E-state index contributed by atoms with van der Waals surface area (Å²) >= 11 is 6.06. The molecule has 0 fully saturated rings. The normalized spacial score (nSPS) is 11.1. The van der Waals surface area contributed by atoms with E-state index in [4.69, 9.17) is 11.6 Å². The Bertz CT molecular complexity index is 1180. The topological polar surface area (TPSA) is 88.0 Å². The number of pyridine rings is 1. The lowest BCUT2D eigenvalue weighted by molar-refractivity contribution is 0.860. The predicted octanol–water partition coefficient (Wildman–Crippen LogP) is 3.42. The van der Waals surface area contributed by atoms with Gasteiger partial charge in [-0.2, -0.15) is 9.50 Å². The summed E-state index contributed by atoms with van der Waals surface area (Å²) in [5, 5.41) is 6.75. The highest BCUT2D eigenvalue weighted by atomic mass is 35.5. The van der Waals surface area contributed by atoms with Crippen molar-refractivity contribution in [2.75, 3.05) is 5.32 Å². The number of benzene rings is 1. The fourth-order valence-corrected chi connectivity index (χ4v) is 3.05. The molecule has 0 aliphatic heterocycles. The molecule has 0 aliphatic carbocycles. The van der Waals surface area contributed by atoms with E-state index in [0.29, 0.717) is 34.4 Å². The van der Waals surface area contributed by atoms with Crippen LogP contribution in [0.1, 0.15) is 22.4 Å². The van der Waals surface area contributed by atoms with Gasteiger partial charge < -0.3 is 5.32 Å². The van der Waals surface area contributed by atoms with Gasteiger partial charge in [-0.25, -0.2) is 4.98 Å². The Hall–Kier alpha value is -3.19. The van der Waals surface area contributed by atoms with Crippen LogP contribution in [-0.2, 0) is 6.42 Å². The third-order valence-corrected chi connectivity index (χ3v) is 4.59. The van der Waals surface area contributed by atoms with Crippen molar-refractivity contribution in [3.63, 3.8) is 0 Å². The fraction of sp³-hybridized carbons (Fsp3) is 0.158. The molecule has 0 amide bonds. The van der Waals surface area contributed by atoms with Crippen molar-refractivity contribution < 1.29 is 0 Å². The van der Waals surface area contributed by atoms with Crippen molar-refractivity contribution in [3.05, 3.63) is 80.5 Å². The highest BCUT2D eigenvalue weighted by Crippen LogP contribution is 2.22. The first-order chi connectivity index (χ1) is 13.0.